The van der Waals surface area contributed by atoms with Gasteiger partial charge in [-0.25, -0.2) is 14.8 Å². The Morgan fingerprint density at radius 1 is 1.12 bits per heavy atom. The molecule has 3 aliphatic rings. The number of nitrogens with one attached hydrogen (secondary N) is 2. The van der Waals surface area contributed by atoms with Crippen LogP contribution in [0.2, 0.25) is 0 Å². The maximum absolute atomic E-state index is 12.6. The zero-order chi connectivity index (χ0) is 22.8. The first-order valence-corrected chi connectivity index (χ1v) is 11.8. The van der Waals surface area contributed by atoms with Crippen LogP contribution in [0.15, 0.2) is 24.3 Å². The standard InChI is InChI=1S/C24H30N6O3/c1-2-25-24(32)26-17-8-6-16(7-9-17)22-27-21-18(23(28-22)29-12-14-33-15-13-29)10-11-30-19(21)4-3-5-20(30)31/h6-9,19H,2-5,10-15H2,1H3,(H2,25,26,32). The number of rotatable bonds is 4. The number of fused-ring (bicyclic) bond motifs is 3. The van der Waals surface area contributed by atoms with Gasteiger partial charge in [-0.3, -0.25) is 4.79 Å². The van der Waals surface area contributed by atoms with E-state index in [2.05, 4.69) is 15.5 Å². The van der Waals surface area contributed by atoms with E-state index in [0.717, 1.165) is 56.0 Å². The molecule has 2 fully saturated rings. The molecule has 2 saturated heterocycles. The van der Waals surface area contributed by atoms with Gasteiger partial charge >= 0.3 is 6.03 Å². The van der Waals surface area contributed by atoms with Crippen molar-refractivity contribution >= 4 is 23.4 Å². The highest BCUT2D eigenvalue weighted by Crippen LogP contribution is 2.40. The number of ether oxygens (including phenoxy) is 1. The van der Waals surface area contributed by atoms with Crippen molar-refractivity contribution in [2.45, 2.75) is 38.6 Å². The minimum atomic E-state index is -0.230. The molecule has 33 heavy (non-hydrogen) atoms. The van der Waals surface area contributed by atoms with E-state index in [1.54, 1.807) is 0 Å². The molecule has 1 atom stereocenters. The minimum absolute atomic E-state index is 0.0234. The zero-order valence-corrected chi connectivity index (χ0v) is 19.0. The van der Waals surface area contributed by atoms with Gasteiger partial charge in [0.2, 0.25) is 5.91 Å². The van der Waals surface area contributed by atoms with Crippen LogP contribution >= 0.6 is 0 Å². The van der Waals surface area contributed by atoms with Crippen LogP contribution in [0.1, 0.15) is 43.5 Å². The number of carbonyl (C=O) groups excluding carboxylic acids is 2. The Morgan fingerprint density at radius 3 is 2.67 bits per heavy atom. The van der Waals surface area contributed by atoms with Gasteiger partial charge in [0.1, 0.15) is 5.82 Å². The number of nitrogens with zero attached hydrogens (tertiary/aromatic N) is 4. The topological polar surface area (TPSA) is 99.7 Å². The summed E-state index contributed by atoms with van der Waals surface area (Å²) in [6, 6.07) is 7.37. The summed E-state index contributed by atoms with van der Waals surface area (Å²) in [6.45, 7) is 6.14. The number of morpholine rings is 1. The van der Waals surface area contributed by atoms with Gasteiger partial charge in [-0.1, -0.05) is 0 Å². The Kier molecular flexibility index (Phi) is 6.13. The average Bonchev–Trinajstić information content (AvgIpc) is 2.84. The van der Waals surface area contributed by atoms with Crippen molar-refractivity contribution in [2.75, 3.05) is 49.6 Å². The highest BCUT2D eigenvalue weighted by molar-refractivity contribution is 5.89. The van der Waals surface area contributed by atoms with Crippen molar-refractivity contribution < 1.29 is 14.3 Å². The third-order valence-electron chi connectivity index (χ3n) is 6.55. The first-order valence-electron chi connectivity index (χ1n) is 11.8. The molecule has 2 N–H and O–H groups in total. The monoisotopic (exact) mass is 450 g/mol. The number of piperidine rings is 1. The molecule has 1 aromatic carbocycles. The van der Waals surface area contributed by atoms with Crippen molar-refractivity contribution in [1.29, 1.82) is 0 Å². The van der Waals surface area contributed by atoms with Crippen molar-refractivity contribution in [2.24, 2.45) is 0 Å². The molecule has 174 valence electrons. The summed E-state index contributed by atoms with van der Waals surface area (Å²) in [5.74, 6) is 1.85. The Labute approximate surface area is 193 Å². The Bertz CT molecular complexity index is 1040. The van der Waals surface area contributed by atoms with Gasteiger partial charge in [-0.2, -0.15) is 0 Å². The predicted molar refractivity (Wildman–Crippen MR) is 125 cm³/mol. The van der Waals surface area contributed by atoms with Gasteiger partial charge < -0.3 is 25.2 Å². The van der Waals surface area contributed by atoms with Gasteiger partial charge in [-0.05, 0) is 50.5 Å². The fourth-order valence-corrected chi connectivity index (χ4v) is 4.93. The molecular weight excluding hydrogens is 420 g/mol. The Morgan fingerprint density at radius 2 is 1.91 bits per heavy atom. The molecule has 0 radical (unpaired) electrons. The normalized spacial score (nSPS) is 20.2. The SMILES string of the molecule is CCNC(=O)Nc1ccc(-c2nc3c(c(N4CCOCC4)n2)CCN2C(=O)CCCC32)cc1. The Hall–Kier alpha value is -3.20. The van der Waals surface area contributed by atoms with Crippen molar-refractivity contribution in [1.82, 2.24) is 20.2 Å². The van der Waals surface area contributed by atoms with E-state index in [4.69, 9.17) is 14.7 Å². The summed E-state index contributed by atoms with van der Waals surface area (Å²) >= 11 is 0. The predicted octanol–water partition coefficient (Wildman–Crippen LogP) is 2.73. The molecule has 0 spiro atoms. The molecule has 9 heteroatoms. The molecule has 1 unspecified atom stereocenters. The number of hydrogen-bond acceptors (Lipinski definition) is 6. The first kappa shape index (κ1) is 21.6. The molecule has 5 rings (SSSR count). The lowest BCUT2D eigenvalue weighted by atomic mass is 9.90. The fourth-order valence-electron chi connectivity index (χ4n) is 4.93. The third kappa shape index (κ3) is 4.37. The van der Waals surface area contributed by atoms with E-state index in [9.17, 15) is 9.59 Å². The molecular formula is C24H30N6O3. The minimum Gasteiger partial charge on any atom is -0.378 e. The van der Waals surface area contributed by atoms with E-state index in [-0.39, 0.29) is 18.0 Å². The van der Waals surface area contributed by atoms with Crippen LogP contribution < -0.4 is 15.5 Å². The van der Waals surface area contributed by atoms with Crippen LogP contribution in [-0.4, -0.2) is 66.2 Å². The van der Waals surface area contributed by atoms with Gasteiger partial charge in [0.05, 0.1) is 24.9 Å². The second kappa shape index (κ2) is 9.35. The van der Waals surface area contributed by atoms with Crippen molar-refractivity contribution in [3.63, 3.8) is 0 Å². The van der Waals surface area contributed by atoms with E-state index in [0.29, 0.717) is 37.7 Å². The third-order valence-corrected chi connectivity index (χ3v) is 6.55. The van der Waals surface area contributed by atoms with Gasteiger partial charge in [0, 0.05) is 49.4 Å². The molecule has 1 aromatic heterocycles. The lowest BCUT2D eigenvalue weighted by Gasteiger charge is -2.41. The number of amides is 3. The molecule has 0 saturated carbocycles. The van der Waals surface area contributed by atoms with Crippen LogP contribution in [0.25, 0.3) is 11.4 Å². The molecule has 0 bridgehead atoms. The van der Waals surface area contributed by atoms with Crippen LogP contribution in [0.4, 0.5) is 16.3 Å². The smallest absolute Gasteiger partial charge is 0.319 e. The number of benzene rings is 1. The van der Waals surface area contributed by atoms with Gasteiger partial charge in [-0.15, -0.1) is 0 Å². The van der Waals surface area contributed by atoms with Crippen LogP contribution in [0.3, 0.4) is 0 Å². The summed E-state index contributed by atoms with van der Waals surface area (Å²) in [5.41, 5.74) is 3.75. The maximum atomic E-state index is 12.6. The number of hydrogen-bond donors (Lipinski definition) is 2. The lowest BCUT2D eigenvalue weighted by molar-refractivity contribution is -0.137. The highest BCUT2D eigenvalue weighted by atomic mass is 16.5. The second-order valence-corrected chi connectivity index (χ2v) is 8.64. The van der Waals surface area contributed by atoms with E-state index >= 15 is 0 Å². The zero-order valence-electron chi connectivity index (χ0n) is 19.0. The molecule has 0 aliphatic carbocycles. The summed E-state index contributed by atoms with van der Waals surface area (Å²) in [6.07, 6.45) is 3.24. The summed E-state index contributed by atoms with van der Waals surface area (Å²) in [5, 5.41) is 5.55. The summed E-state index contributed by atoms with van der Waals surface area (Å²) in [4.78, 5) is 38.7. The summed E-state index contributed by atoms with van der Waals surface area (Å²) < 4.78 is 5.56. The fraction of sp³-hybridized carbons (Fsp3) is 0.500. The molecule has 4 heterocycles. The van der Waals surface area contributed by atoms with E-state index in [1.165, 1.54) is 5.56 Å². The van der Waals surface area contributed by atoms with Gasteiger partial charge in [0.15, 0.2) is 5.82 Å². The quantitative estimate of drug-likeness (QED) is 0.743. The van der Waals surface area contributed by atoms with Crippen molar-refractivity contribution in [3.8, 4) is 11.4 Å². The number of urea groups is 1. The largest absolute Gasteiger partial charge is 0.378 e. The number of aromatic nitrogens is 2. The van der Waals surface area contributed by atoms with Gasteiger partial charge in [0.25, 0.3) is 0 Å². The summed E-state index contributed by atoms with van der Waals surface area (Å²) in [7, 11) is 0. The van der Waals surface area contributed by atoms with Crippen LogP contribution in [0, 0.1) is 0 Å². The van der Waals surface area contributed by atoms with Crippen LogP contribution in [-0.2, 0) is 16.0 Å². The lowest BCUT2D eigenvalue weighted by Crippen LogP contribution is -2.44. The van der Waals surface area contributed by atoms with Crippen molar-refractivity contribution in [3.05, 3.63) is 35.5 Å². The number of carbonyl (C=O) groups is 2. The molecule has 3 aliphatic heterocycles. The van der Waals surface area contributed by atoms with E-state index < -0.39 is 0 Å². The molecule has 9 nitrogen and oxygen atoms in total. The van der Waals surface area contributed by atoms with E-state index in [1.807, 2.05) is 36.1 Å². The van der Waals surface area contributed by atoms with Crippen LogP contribution in [0.5, 0.6) is 0 Å². The Balaban J connectivity index is 1.52. The first-order chi connectivity index (χ1) is 16.1. The maximum Gasteiger partial charge on any atom is 0.319 e. The second-order valence-electron chi connectivity index (χ2n) is 8.64. The molecule has 2 aromatic rings. The average molecular weight is 451 g/mol. The number of anilines is 2. The molecule has 3 amide bonds. The highest BCUT2D eigenvalue weighted by Gasteiger charge is 2.37.